The molecule has 6 heteroatoms. The third-order valence-corrected chi connectivity index (χ3v) is 5.15. The van der Waals surface area contributed by atoms with E-state index >= 15 is 0 Å². The average molecular weight is 354 g/mol. The van der Waals surface area contributed by atoms with E-state index in [1.54, 1.807) is 0 Å². The lowest BCUT2D eigenvalue weighted by molar-refractivity contribution is -0.138. The molecule has 0 radical (unpaired) electrons. The van der Waals surface area contributed by atoms with Crippen LogP contribution in [0.4, 0.5) is 4.79 Å². The van der Waals surface area contributed by atoms with Gasteiger partial charge in [-0.15, -0.1) is 0 Å². The third-order valence-electron chi connectivity index (χ3n) is 5.15. The molecule has 0 bridgehead atoms. The summed E-state index contributed by atoms with van der Waals surface area (Å²) in [5, 5.41) is 2.94. The number of carbonyl (C=O) groups excluding carboxylic acids is 2. The fraction of sp³-hybridized carbons (Fsp3) is 0.895. The summed E-state index contributed by atoms with van der Waals surface area (Å²) in [5.41, 5.74) is -0.477. The Bertz CT molecular complexity index is 457. The molecule has 6 nitrogen and oxygen atoms in total. The number of amides is 2. The number of hydrogen-bond donors (Lipinski definition) is 1. The first-order valence-corrected chi connectivity index (χ1v) is 9.68. The van der Waals surface area contributed by atoms with Crippen LogP contribution in [0.5, 0.6) is 0 Å². The van der Waals surface area contributed by atoms with Gasteiger partial charge in [-0.25, -0.2) is 4.79 Å². The SMILES string of the molecule is CC(C)N1CCN(C(=O)[C@H]2CC[C@H](NC(=O)OC(C)(C)C)CC2)CC1. The number of nitrogens with zero attached hydrogens (tertiary/aromatic N) is 2. The minimum atomic E-state index is -0.477. The first-order chi connectivity index (χ1) is 11.7. The highest BCUT2D eigenvalue weighted by Crippen LogP contribution is 2.27. The highest BCUT2D eigenvalue weighted by molar-refractivity contribution is 5.79. The molecular weight excluding hydrogens is 318 g/mol. The van der Waals surface area contributed by atoms with Crippen molar-refractivity contribution in [1.82, 2.24) is 15.1 Å². The normalized spacial score (nSPS) is 25.8. The number of carbonyl (C=O) groups is 2. The molecule has 1 saturated carbocycles. The van der Waals surface area contributed by atoms with E-state index in [0.717, 1.165) is 51.9 Å². The third kappa shape index (κ3) is 6.17. The molecule has 2 fully saturated rings. The van der Waals surface area contributed by atoms with Crippen molar-refractivity contribution < 1.29 is 14.3 Å². The van der Waals surface area contributed by atoms with Crippen molar-refractivity contribution >= 4 is 12.0 Å². The van der Waals surface area contributed by atoms with Gasteiger partial charge in [-0.1, -0.05) is 0 Å². The predicted octanol–water partition coefficient (Wildman–Crippen LogP) is 2.62. The smallest absolute Gasteiger partial charge is 0.407 e. The van der Waals surface area contributed by atoms with Crippen molar-refractivity contribution in [3.63, 3.8) is 0 Å². The summed E-state index contributed by atoms with van der Waals surface area (Å²) in [6, 6.07) is 0.670. The first-order valence-electron chi connectivity index (χ1n) is 9.68. The summed E-state index contributed by atoms with van der Waals surface area (Å²) in [4.78, 5) is 29.1. The molecule has 0 unspecified atom stereocenters. The summed E-state index contributed by atoms with van der Waals surface area (Å²) in [7, 11) is 0. The van der Waals surface area contributed by atoms with E-state index in [9.17, 15) is 9.59 Å². The van der Waals surface area contributed by atoms with Crippen molar-refractivity contribution in [2.45, 2.75) is 78.0 Å². The highest BCUT2D eigenvalue weighted by Gasteiger charge is 2.32. The largest absolute Gasteiger partial charge is 0.444 e. The van der Waals surface area contributed by atoms with E-state index in [1.807, 2.05) is 25.7 Å². The van der Waals surface area contributed by atoms with Crippen LogP contribution >= 0.6 is 0 Å². The Hall–Kier alpha value is -1.30. The van der Waals surface area contributed by atoms with Gasteiger partial charge in [-0.2, -0.15) is 0 Å². The Morgan fingerprint density at radius 1 is 1.00 bits per heavy atom. The molecule has 25 heavy (non-hydrogen) atoms. The standard InChI is InChI=1S/C19H35N3O3/c1-14(2)21-10-12-22(13-11-21)17(23)15-6-8-16(9-7-15)20-18(24)25-19(3,4)5/h14-16H,6-13H2,1-5H3,(H,20,24)/t15-,16-. The molecule has 144 valence electrons. The van der Waals surface area contributed by atoms with Crippen LogP contribution < -0.4 is 5.32 Å². The number of ether oxygens (including phenoxy) is 1. The molecule has 2 amide bonds. The van der Waals surface area contributed by atoms with Crippen LogP contribution in [0.3, 0.4) is 0 Å². The van der Waals surface area contributed by atoms with Crippen molar-refractivity contribution in [2.24, 2.45) is 5.92 Å². The monoisotopic (exact) mass is 353 g/mol. The maximum Gasteiger partial charge on any atom is 0.407 e. The molecule has 1 aliphatic carbocycles. The van der Waals surface area contributed by atoms with Crippen molar-refractivity contribution in [2.75, 3.05) is 26.2 Å². The zero-order chi connectivity index (χ0) is 18.6. The number of nitrogens with one attached hydrogen (secondary N) is 1. The van der Waals surface area contributed by atoms with E-state index in [1.165, 1.54) is 0 Å². The highest BCUT2D eigenvalue weighted by atomic mass is 16.6. The van der Waals surface area contributed by atoms with Gasteiger partial charge >= 0.3 is 6.09 Å². The van der Waals surface area contributed by atoms with Gasteiger partial charge in [0.25, 0.3) is 0 Å². The van der Waals surface area contributed by atoms with E-state index in [2.05, 4.69) is 24.1 Å². The fourth-order valence-electron chi connectivity index (χ4n) is 3.68. The maximum atomic E-state index is 12.7. The molecule has 1 N–H and O–H groups in total. The Morgan fingerprint density at radius 3 is 2.04 bits per heavy atom. The summed E-state index contributed by atoms with van der Waals surface area (Å²) in [6.07, 6.45) is 3.04. The summed E-state index contributed by atoms with van der Waals surface area (Å²) >= 11 is 0. The zero-order valence-electron chi connectivity index (χ0n) is 16.5. The van der Waals surface area contributed by atoms with Crippen LogP contribution in [-0.4, -0.2) is 65.7 Å². The van der Waals surface area contributed by atoms with E-state index in [4.69, 9.17) is 4.74 Å². The molecule has 0 atom stereocenters. The quantitative estimate of drug-likeness (QED) is 0.847. The van der Waals surface area contributed by atoms with Crippen LogP contribution in [0.25, 0.3) is 0 Å². The number of hydrogen-bond acceptors (Lipinski definition) is 4. The van der Waals surface area contributed by atoms with Gasteiger partial charge in [0, 0.05) is 44.2 Å². The second kappa shape index (κ2) is 8.39. The van der Waals surface area contributed by atoms with Crippen LogP contribution in [0, 0.1) is 5.92 Å². The maximum absolute atomic E-state index is 12.7. The zero-order valence-corrected chi connectivity index (χ0v) is 16.5. The topological polar surface area (TPSA) is 61.9 Å². The molecule has 0 aromatic heterocycles. The molecule has 0 aromatic rings. The predicted molar refractivity (Wildman–Crippen MR) is 98.4 cm³/mol. The van der Waals surface area contributed by atoms with Crippen molar-refractivity contribution in [1.29, 1.82) is 0 Å². The fourth-order valence-corrected chi connectivity index (χ4v) is 3.68. The first kappa shape index (κ1) is 20.0. The Labute approximate surface area is 152 Å². The molecule has 1 heterocycles. The van der Waals surface area contributed by atoms with Gasteiger partial charge < -0.3 is 15.0 Å². The van der Waals surface area contributed by atoms with Crippen LogP contribution in [0.15, 0.2) is 0 Å². The Morgan fingerprint density at radius 2 is 1.56 bits per heavy atom. The van der Waals surface area contributed by atoms with Gasteiger partial charge in [-0.05, 0) is 60.3 Å². The van der Waals surface area contributed by atoms with Gasteiger partial charge in [0.1, 0.15) is 5.60 Å². The molecule has 2 aliphatic rings. The van der Waals surface area contributed by atoms with Gasteiger partial charge in [0.05, 0.1) is 0 Å². The van der Waals surface area contributed by atoms with Crippen LogP contribution in [-0.2, 0) is 9.53 Å². The second-order valence-electron chi connectivity index (χ2n) is 8.65. The van der Waals surface area contributed by atoms with Gasteiger partial charge in [0.15, 0.2) is 0 Å². The molecule has 0 spiro atoms. The molecule has 2 rings (SSSR count). The number of alkyl carbamates (subject to hydrolysis) is 1. The summed E-state index contributed by atoms with van der Waals surface area (Å²) in [5.74, 6) is 0.418. The minimum Gasteiger partial charge on any atom is -0.444 e. The number of rotatable bonds is 3. The van der Waals surface area contributed by atoms with Gasteiger partial charge in [0.2, 0.25) is 5.91 Å². The average Bonchev–Trinajstić information content (AvgIpc) is 2.53. The van der Waals surface area contributed by atoms with Gasteiger partial charge in [-0.3, -0.25) is 9.69 Å². The Balaban J connectivity index is 1.73. The van der Waals surface area contributed by atoms with E-state index in [-0.39, 0.29) is 18.1 Å². The van der Waals surface area contributed by atoms with Crippen molar-refractivity contribution in [3.8, 4) is 0 Å². The lowest BCUT2D eigenvalue weighted by Gasteiger charge is -2.39. The lowest BCUT2D eigenvalue weighted by atomic mass is 9.85. The van der Waals surface area contributed by atoms with Crippen LogP contribution in [0.1, 0.15) is 60.3 Å². The number of piperazine rings is 1. The second-order valence-corrected chi connectivity index (χ2v) is 8.65. The van der Waals surface area contributed by atoms with Crippen LogP contribution in [0.2, 0.25) is 0 Å². The molecular formula is C19H35N3O3. The lowest BCUT2D eigenvalue weighted by Crippen LogP contribution is -2.52. The minimum absolute atomic E-state index is 0.113. The summed E-state index contributed by atoms with van der Waals surface area (Å²) in [6.45, 7) is 13.6. The molecule has 1 aliphatic heterocycles. The summed E-state index contributed by atoms with van der Waals surface area (Å²) < 4.78 is 5.31. The Kier molecular flexibility index (Phi) is 6.72. The van der Waals surface area contributed by atoms with E-state index in [0.29, 0.717) is 11.9 Å². The van der Waals surface area contributed by atoms with E-state index < -0.39 is 5.60 Å². The van der Waals surface area contributed by atoms with Crippen molar-refractivity contribution in [3.05, 3.63) is 0 Å². The molecule has 1 saturated heterocycles. The molecule has 0 aromatic carbocycles.